The fourth-order valence-corrected chi connectivity index (χ4v) is 1.92. The minimum atomic E-state index is 0. The lowest BCUT2D eigenvalue weighted by atomic mass is 10.4. The van der Waals surface area contributed by atoms with Gasteiger partial charge >= 0.3 is 4.47 Å². The average molecular weight is 198 g/mol. The lowest BCUT2D eigenvalue weighted by molar-refractivity contribution is -0.670. The highest BCUT2D eigenvalue weighted by Crippen LogP contribution is 2.17. The molecule has 10 heavy (non-hydrogen) atoms. The van der Waals surface area contributed by atoms with Crippen LogP contribution in [0.2, 0.25) is 4.47 Å². The standard InChI is InChI=1S/C6H9ClNS.ClH/c1-4-5(2)9-6(7)8(4)3;/h1-3H3;1H/q+1;/p-1. The van der Waals surface area contributed by atoms with Crippen LogP contribution in [0.15, 0.2) is 0 Å². The van der Waals surface area contributed by atoms with Gasteiger partial charge in [-0.05, 0) is 6.92 Å². The van der Waals surface area contributed by atoms with Crippen LogP contribution in [0.4, 0.5) is 0 Å². The molecule has 0 aliphatic carbocycles. The molecule has 0 radical (unpaired) electrons. The number of nitrogens with zero attached hydrogens (tertiary/aromatic N) is 1. The highest BCUT2D eigenvalue weighted by Gasteiger charge is 2.13. The lowest BCUT2D eigenvalue weighted by Gasteiger charge is -1.81. The molecular formula is C6H9Cl2NS. The predicted molar refractivity (Wildman–Crippen MR) is 40.0 cm³/mol. The van der Waals surface area contributed by atoms with E-state index in [0.717, 1.165) is 4.47 Å². The van der Waals surface area contributed by atoms with Gasteiger partial charge in [-0.2, -0.15) is 4.57 Å². The molecule has 0 N–H and O–H groups in total. The van der Waals surface area contributed by atoms with E-state index in [-0.39, 0.29) is 12.4 Å². The molecule has 0 amide bonds. The Balaban J connectivity index is 0.000000810. The summed E-state index contributed by atoms with van der Waals surface area (Å²) in [6.07, 6.45) is 0. The molecule has 1 heterocycles. The van der Waals surface area contributed by atoms with E-state index in [0.29, 0.717) is 0 Å². The molecule has 1 rings (SSSR count). The molecular weight excluding hydrogens is 189 g/mol. The molecule has 58 valence electrons. The number of rotatable bonds is 0. The van der Waals surface area contributed by atoms with Crippen LogP contribution in [0, 0.1) is 13.8 Å². The summed E-state index contributed by atoms with van der Waals surface area (Å²) in [5.74, 6) is 0. The number of aryl methyl sites for hydroxylation is 1. The average Bonchev–Trinajstić information content (AvgIpc) is 1.98. The van der Waals surface area contributed by atoms with Crippen molar-refractivity contribution >= 4 is 22.9 Å². The topological polar surface area (TPSA) is 3.88 Å². The van der Waals surface area contributed by atoms with Gasteiger partial charge < -0.3 is 12.4 Å². The van der Waals surface area contributed by atoms with E-state index < -0.39 is 0 Å². The summed E-state index contributed by atoms with van der Waals surface area (Å²) < 4.78 is 2.84. The van der Waals surface area contributed by atoms with E-state index in [2.05, 4.69) is 13.8 Å². The van der Waals surface area contributed by atoms with Crippen LogP contribution in [0.5, 0.6) is 0 Å². The Morgan fingerprint density at radius 2 is 1.90 bits per heavy atom. The quantitative estimate of drug-likeness (QED) is 0.463. The molecule has 0 spiro atoms. The zero-order chi connectivity index (χ0) is 7.02. The van der Waals surface area contributed by atoms with Crippen molar-refractivity contribution in [1.82, 2.24) is 0 Å². The first-order valence-electron chi connectivity index (χ1n) is 2.74. The summed E-state index contributed by atoms with van der Waals surface area (Å²) in [5.41, 5.74) is 1.25. The highest BCUT2D eigenvalue weighted by atomic mass is 35.5. The maximum absolute atomic E-state index is 5.82. The van der Waals surface area contributed by atoms with Crippen LogP contribution in [0.1, 0.15) is 10.6 Å². The monoisotopic (exact) mass is 197 g/mol. The first-order valence-corrected chi connectivity index (χ1v) is 3.94. The largest absolute Gasteiger partial charge is 1.00 e. The van der Waals surface area contributed by atoms with Crippen molar-refractivity contribution in [2.24, 2.45) is 7.05 Å². The Hall–Kier alpha value is 0.210. The number of halogens is 2. The highest BCUT2D eigenvalue weighted by molar-refractivity contribution is 7.15. The zero-order valence-electron chi connectivity index (χ0n) is 6.11. The molecule has 1 nitrogen and oxygen atoms in total. The van der Waals surface area contributed by atoms with Crippen molar-refractivity contribution in [3.63, 3.8) is 0 Å². The maximum Gasteiger partial charge on any atom is 0.333 e. The second-order valence-electron chi connectivity index (χ2n) is 2.06. The number of aromatic nitrogens is 1. The Kier molecular flexibility index (Phi) is 3.63. The molecule has 0 unspecified atom stereocenters. The summed E-state index contributed by atoms with van der Waals surface area (Å²) >= 11 is 7.44. The fraction of sp³-hybridized carbons (Fsp3) is 0.500. The van der Waals surface area contributed by atoms with Gasteiger partial charge in [0.1, 0.15) is 7.05 Å². The van der Waals surface area contributed by atoms with Crippen LogP contribution >= 0.6 is 22.9 Å². The van der Waals surface area contributed by atoms with Gasteiger partial charge in [0.25, 0.3) is 0 Å². The van der Waals surface area contributed by atoms with Gasteiger partial charge in [-0.3, -0.25) is 0 Å². The van der Waals surface area contributed by atoms with Crippen molar-refractivity contribution in [2.75, 3.05) is 0 Å². The first kappa shape index (κ1) is 10.2. The minimum absolute atomic E-state index is 0. The van der Waals surface area contributed by atoms with Gasteiger partial charge in [0, 0.05) is 18.5 Å². The smallest absolute Gasteiger partial charge is 0.333 e. The third kappa shape index (κ3) is 1.62. The van der Waals surface area contributed by atoms with Gasteiger partial charge in [0.2, 0.25) is 0 Å². The fourth-order valence-electron chi connectivity index (χ4n) is 0.637. The third-order valence-corrected chi connectivity index (χ3v) is 3.04. The third-order valence-electron chi connectivity index (χ3n) is 1.51. The summed E-state index contributed by atoms with van der Waals surface area (Å²) in [6, 6.07) is 0. The summed E-state index contributed by atoms with van der Waals surface area (Å²) in [5, 5.41) is 0. The van der Waals surface area contributed by atoms with Crippen LogP contribution < -0.4 is 17.0 Å². The van der Waals surface area contributed by atoms with Crippen molar-refractivity contribution < 1.29 is 17.0 Å². The summed E-state index contributed by atoms with van der Waals surface area (Å²) in [4.78, 5) is 1.29. The number of hydrogen-bond acceptors (Lipinski definition) is 1. The van der Waals surface area contributed by atoms with Crippen LogP contribution in [-0.4, -0.2) is 0 Å². The molecule has 0 atom stereocenters. The molecule has 1 aromatic heterocycles. The Bertz CT molecular complexity index is 209. The van der Waals surface area contributed by atoms with E-state index in [1.165, 1.54) is 10.6 Å². The second-order valence-corrected chi connectivity index (χ2v) is 3.84. The minimum Gasteiger partial charge on any atom is -1.00 e. The number of thiazole rings is 1. The van der Waals surface area contributed by atoms with Crippen LogP contribution in [-0.2, 0) is 7.05 Å². The molecule has 0 aliphatic rings. The zero-order valence-corrected chi connectivity index (χ0v) is 8.44. The molecule has 1 aromatic rings. The van der Waals surface area contributed by atoms with Crippen LogP contribution in [0.25, 0.3) is 0 Å². The lowest BCUT2D eigenvalue weighted by Crippen LogP contribution is -3.00. The Morgan fingerprint density at radius 3 is 2.00 bits per heavy atom. The van der Waals surface area contributed by atoms with Gasteiger partial charge in [-0.1, -0.05) is 11.3 Å². The van der Waals surface area contributed by atoms with Gasteiger partial charge in [-0.25, -0.2) is 0 Å². The van der Waals surface area contributed by atoms with E-state index >= 15 is 0 Å². The normalized spacial score (nSPS) is 9.20. The Morgan fingerprint density at radius 1 is 1.40 bits per heavy atom. The van der Waals surface area contributed by atoms with Gasteiger partial charge in [0.05, 0.1) is 4.88 Å². The maximum atomic E-state index is 5.82. The van der Waals surface area contributed by atoms with Crippen molar-refractivity contribution in [1.29, 1.82) is 0 Å². The number of hydrogen-bond donors (Lipinski definition) is 0. The molecule has 4 heteroatoms. The van der Waals surface area contributed by atoms with Crippen molar-refractivity contribution in [3.8, 4) is 0 Å². The predicted octanol–water partition coefficient (Wildman–Crippen LogP) is -1.15. The van der Waals surface area contributed by atoms with E-state index in [1.54, 1.807) is 11.3 Å². The molecule has 0 bridgehead atoms. The molecule has 0 aliphatic heterocycles. The van der Waals surface area contributed by atoms with Crippen molar-refractivity contribution in [3.05, 3.63) is 15.0 Å². The first-order chi connectivity index (χ1) is 4.13. The molecule has 0 saturated heterocycles. The van der Waals surface area contributed by atoms with E-state index in [9.17, 15) is 0 Å². The van der Waals surface area contributed by atoms with E-state index in [1.807, 2.05) is 11.6 Å². The van der Waals surface area contributed by atoms with Gasteiger partial charge in [-0.15, -0.1) is 0 Å². The molecule has 0 aromatic carbocycles. The molecule has 0 saturated carbocycles. The molecule has 0 fully saturated rings. The van der Waals surface area contributed by atoms with Crippen LogP contribution in [0.3, 0.4) is 0 Å². The summed E-state index contributed by atoms with van der Waals surface area (Å²) in [6.45, 7) is 4.14. The van der Waals surface area contributed by atoms with Crippen molar-refractivity contribution in [2.45, 2.75) is 13.8 Å². The Labute approximate surface area is 76.1 Å². The van der Waals surface area contributed by atoms with Gasteiger partial charge in [0.15, 0.2) is 5.69 Å². The van der Waals surface area contributed by atoms with E-state index in [4.69, 9.17) is 11.6 Å². The summed E-state index contributed by atoms with van der Waals surface area (Å²) in [7, 11) is 1.97. The SMILES string of the molecule is Cc1sc(Cl)[n+](C)c1C.[Cl-]. The second kappa shape index (κ2) is 3.56.